The van der Waals surface area contributed by atoms with Crippen molar-refractivity contribution in [3.8, 4) is 0 Å². The van der Waals surface area contributed by atoms with E-state index in [-0.39, 0.29) is 5.41 Å². The second-order valence-electron chi connectivity index (χ2n) is 4.84. The number of hydrogen-bond acceptors (Lipinski definition) is 1. The predicted octanol–water partition coefficient (Wildman–Crippen LogP) is 2.71. The van der Waals surface area contributed by atoms with Crippen molar-refractivity contribution in [1.82, 2.24) is 0 Å². The molecule has 1 aliphatic rings. The predicted molar refractivity (Wildman–Crippen MR) is 51.0 cm³/mol. The molecule has 0 heterocycles. The van der Waals surface area contributed by atoms with Gasteiger partial charge in [0.1, 0.15) is 0 Å². The van der Waals surface area contributed by atoms with E-state index < -0.39 is 5.60 Å². The quantitative estimate of drug-likeness (QED) is 0.623. The molecule has 2 heteroatoms. The van der Waals surface area contributed by atoms with Gasteiger partial charge in [-0.3, -0.25) is 0 Å². The summed E-state index contributed by atoms with van der Waals surface area (Å²) in [5.41, 5.74) is -0.175. The van der Waals surface area contributed by atoms with Gasteiger partial charge in [-0.25, -0.2) is 0 Å². The van der Waals surface area contributed by atoms with Gasteiger partial charge in [-0.15, -0.1) is 0 Å². The van der Waals surface area contributed by atoms with Gasteiger partial charge < -0.3 is 5.11 Å². The van der Waals surface area contributed by atoms with Crippen LogP contribution in [0.5, 0.6) is 0 Å². The third kappa shape index (κ3) is 2.75. The Morgan fingerprint density at radius 2 is 1.82 bits per heavy atom. The molecule has 1 aliphatic carbocycles. The van der Waals surface area contributed by atoms with Gasteiger partial charge in [0.2, 0.25) is 0 Å². The van der Waals surface area contributed by atoms with Gasteiger partial charge in [0.15, 0.2) is 0 Å². The summed E-state index contributed by atoms with van der Waals surface area (Å²) in [5, 5.41) is 9.85. The smallest absolute Gasteiger partial charge is 0.0635 e. The van der Waals surface area contributed by atoms with Crippen LogP contribution < -0.4 is 0 Å². The lowest BCUT2D eigenvalue weighted by molar-refractivity contribution is -0.0194. The van der Waals surface area contributed by atoms with Crippen LogP contribution in [0.3, 0.4) is 0 Å². The number of alkyl halides is 1. The number of aliphatic hydroxyl groups is 1. The molecule has 2 atom stereocenters. The van der Waals surface area contributed by atoms with E-state index in [0.29, 0.717) is 4.83 Å². The van der Waals surface area contributed by atoms with Gasteiger partial charge in [-0.05, 0) is 31.6 Å². The van der Waals surface area contributed by atoms with Gasteiger partial charge in [0.05, 0.1) is 5.60 Å². The van der Waals surface area contributed by atoms with Crippen molar-refractivity contribution < 1.29 is 5.11 Å². The first kappa shape index (κ1) is 9.53. The molecule has 0 aromatic heterocycles. The van der Waals surface area contributed by atoms with Gasteiger partial charge in [-0.2, -0.15) is 0 Å². The molecular formula is C9H17BrO. The van der Waals surface area contributed by atoms with Gasteiger partial charge in [-0.1, -0.05) is 29.8 Å². The minimum Gasteiger partial charge on any atom is -0.390 e. The fraction of sp³-hybridized carbons (Fsp3) is 1.00. The summed E-state index contributed by atoms with van der Waals surface area (Å²) in [4.78, 5) is 0.487. The van der Waals surface area contributed by atoms with Crippen LogP contribution >= 0.6 is 15.9 Å². The summed E-state index contributed by atoms with van der Waals surface area (Å²) in [7, 11) is 0. The molecule has 0 aliphatic heterocycles. The van der Waals surface area contributed by atoms with E-state index in [1.54, 1.807) is 0 Å². The fourth-order valence-electron chi connectivity index (χ4n) is 2.32. The fourth-order valence-corrected chi connectivity index (χ4v) is 3.90. The van der Waals surface area contributed by atoms with Crippen LogP contribution in [-0.4, -0.2) is 15.5 Å². The molecule has 1 fully saturated rings. The van der Waals surface area contributed by atoms with E-state index in [4.69, 9.17) is 0 Å². The highest BCUT2D eigenvalue weighted by atomic mass is 79.9. The first-order valence-electron chi connectivity index (χ1n) is 4.17. The van der Waals surface area contributed by atoms with Crippen molar-refractivity contribution in [1.29, 1.82) is 0 Å². The standard InChI is InChI=1S/C9H17BrO/c1-8(2)4-7(10)5-9(3,11)6-8/h7,11H,4-6H2,1-3H3/t7-,9-/m0/s1. The normalized spacial score (nSPS) is 43.9. The lowest BCUT2D eigenvalue weighted by Crippen LogP contribution is -2.40. The van der Waals surface area contributed by atoms with Crippen LogP contribution in [0.1, 0.15) is 40.0 Å². The first-order valence-corrected chi connectivity index (χ1v) is 5.09. The van der Waals surface area contributed by atoms with Gasteiger partial charge in [0, 0.05) is 4.83 Å². The molecule has 1 rings (SSSR count). The lowest BCUT2D eigenvalue weighted by Gasteiger charge is -2.41. The number of rotatable bonds is 0. The lowest BCUT2D eigenvalue weighted by atomic mass is 9.70. The average molecular weight is 221 g/mol. The van der Waals surface area contributed by atoms with Crippen molar-refractivity contribution >= 4 is 15.9 Å². The Kier molecular flexibility index (Phi) is 2.37. The largest absolute Gasteiger partial charge is 0.390 e. The maximum Gasteiger partial charge on any atom is 0.0635 e. The minimum absolute atomic E-state index is 0.288. The monoisotopic (exact) mass is 220 g/mol. The zero-order chi connectivity index (χ0) is 8.70. The van der Waals surface area contributed by atoms with Crippen LogP contribution in [0.25, 0.3) is 0 Å². The SMILES string of the molecule is CC1(C)C[C@H](Br)C[C@](C)(O)C1. The van der Waals surface area contributed by atoms with Crippen molar-refractivity contribution in [2.24, 2.45) is 5.41 Å². The maximum atomic E-state index is 9.85. The van der Waals surface area contributed by atoms with Crippen LogP contribution in [0.15, 0.2) is 0 Å². The molecule has 0 radical (unpaired) electrons. The summed E-state index contributed by atoms with van der Waals surface area (Å²) < 4.78 is 0. The van der Waals surface area contributed by atoms with E-state index >= 15 is 0 Å². The van der Waals surface area contributed by atoms with E-state index in [0.717, 1.165) is 12.8 Å². The van der Waals surface area contributed by atoms with Gasteiger partial charge >= 0.3 is 0 Å². The molecule has 0 bridgehead atoms. The minimum atomic E-state index is -0.462. The molecule has 0 aromatic carbocycles. The molecule has 0 saturated heterocycles. The van der Waals surface area contributed by atoms with E-state index in [9.17, 15) is 5.11 Å². The zero-order valence-corrected chi connectivity index (χ0v) is 9.11. The van der Waals surface area contributed by atoms with Crippen LogP contribution in [-0.2, 0) is 0 Å². The van der Waals surface area contributed by atoms with Crippen molar-refractivity contribution in [2.45, 2.75) is 50.5 Å². The van der Waals surface area contributed by atoms with Crippen molar-refractivity contribution in [2.75, 3.05) is 0 Å². The first-order chi connectivity index (χ1) is 4.81. The van der Waals surface area contributed by atoms with Crippen LogP contribution in [0, 0.1) is 5.41 Å². The van der Waals surface area contributed by atoms with Crippen molar-refractivity contribution in [3.63, 3.8) is 0 Å². The van der Waals surface area contributed by atoms with Crippen LogP contribution in [0.2, 0.25) is 0 Å². The molecular weight excluding hydrogens is 204 g/mol. The molecule has 1 saturated carbocycles. The van der Waals surface area contributed by atoms with Crippen LogP contribution in [0.4, 0.5) is 0 Å². The maximum absolute atomic E-state index is 9.85. The molecule has 1 N–H and O–H groups in total. The summed E-state index contributed by atoms with van der Waals surface area (Å²) in [5.74, 6) is 0. The Labute approximate surface area is 77.3 Å². The third-order valence-corrected chi connectivity index (χ3v) is 2.94. The molecule has 1 nitrogen and oxygen atoms in total. The Hall–Kier alpha value is 0.440. The zero-order valence-electron chi connectivity index (χ0n) is 7.52. The van der Waals surface area contributed by atoms with E-state index in [1.165, 1.54) is 6.42 Å². The Balaban J connectivity index is 2.66. The Bertz CT molecular complexity index is 136. The molecule has 0 spiro atoms. The van der Waals surface area contributed by atoms with Crippen molar-refractivity contribution in [3.05, 3.63) is 0 Å². The molecule has 0 amide bonds. The third-order valence-electron chi connectivity index (χ3n) is 2.29. The second kappa shape index (κ2) is 2.74. The highest BCUT2D eigenvalue weighted by Crippen LogP contribution is 2.43. The number of hydrogen-bond donors (Lipinski definition) is 1. The summed E-state index contributed by atoms with van der Waals surface area (Å²) >= 11 is 3.58. The van der Waals surface area contributed by atoms with E-state index in [1.807, 2.05) is 6.92 Å². The summed E-state index contributed by atoms with van der Waals surface area (Å²) in [6, 6.07) is 0. The second-order valence-corrected chi connectivity index (χ2v) is 6.14. The molecule has 66 valence electrons. The van der Waals surface area contributed by atoms with E-state index in [2.05, 4.69) is 29.8 Å². The molecule has 11 heavy (non-hydrogen) atoms. The Morgan fingerprint density at radius 3 is 2.18 bits per heavy atom. The Morgan fingerprint density at radius 1 is 1.27 bits per heavy atom. The van der Waals surface area contributed by atoms with Gasteiger partial charge in [0.25, 0.3) is 0 Å². The highest BCUT2D eigenvalue weighted by Gasteiger charge is 2.38. The molecule has 0 unspecified atom stereocenters. The molecule has 0 aromatic rings. The average Bonchev–Trinajstić information content (AvgIpc) is 1.49. The topological polar surface area (TPSA) is 20.2 Å². The number of halogens is 1. The summed E-state index contributed by atoms with van der Waals surface area (Å²) in [6.45, 7) is 6.37. The summed E-state index contributed by atoms with van der Waals surface area (Å²) in [6.07, 6.45) is 2.97. The highest BCUT2D eigenvalue weighted by molar-refractivity contribution is 9.09.